The van der Waals surface area contributed by atoms with Gasteiger partial charge in [0, 0.05) is 21.6 Å². The minimum absolute atomic E-state index is 0.225. The van der Waals surface area contributed by atoms with Crippen LogP contribution in [0.3, 0.4) is 0 Å². The molecule has 0 radical (unpaired) electrons. The highest BCUT2D eigenvalue weighted by Crippen LogP contribution is 2.55. The van der Waals surface area contributed by atoms with Crippen molar-refractivity contribution in [2.75, 3.05) is 0 Å². The van der Waals surface area contributed by atoms with Gasteiger partial charge in [-0.25, -0.2) is 0 Å². The van der Waals surface area contributed by atoms with E-state index in [0.717, 1.165) is 16.6 Å². The smallest absolute Gasteiger partial charge is 0.143 e. The molecule has 0 aliphatic heterocycles. The van der Waals surface area contributed by atoms with Gasteiger partial charge in [0.2, 0.25) is 0 Å². The predicted molar refractivity (Wildman–Crippen MR) is 238 cm³/mol. The van der Waals surface area contributed by atoms with Crippen LogP contribution >= 0.6 is 0 Å². The zero-order valence-electron chi connectivity index (χ0n) is 31.2. The molecule has 0 saturated carbocycles. The molecule has 12 rings (SSSR count). The van der Waals surface area contributed by atoms with Gasteiger partial charge >= 0.3 is 0 Å². The normalized spacial score (nSPS) is 13.3. The lowest BCUT2D eigenvalue weighted by molar-refractivity contribution is 0.658. The Morgan fingerprint density at radius 1 is 0.375 bits per heavy atom. The van der Waals surface area contributed by atoms with Crippen molar-refractivity contribution >= 4 is 65.0 Å². The fraction of sp³-hybridized carbons (Fsp3) is 0.0545. The maximum Gasteiger partial charge on any atom is 0.143 e. The van der Waals surface area contributed by atoms with Crippen LogP contribution in [0.2, 0.25) is 0 Å². The van der Waals surface area contributed by atoms with Crippen molar-refractivity contribution in [1.82, 2.24) is 0 Å². The van der Waals surface area contributed by atoms with Gasteiger partial charge in [0.25, 0.3) is 0 Å². The van der Waals surface area contributed by atoms with Gasteiger partial charge in [0.1, 0.15) is 11.2 Å². The van der Waals surface area contributed by atoms with Crippen molar-refractivity contribution in [3.8, 4) is 44.5 Å². The van der Waals surface area contributed by atoms with Crippen LogP contribution in [-0.2, 0) is 5.41 Å². The van der Waals surface area contributed by atoms with Crippen LogP contribution in [-0.4, -0.2) is 0 Å². The molecule has 0 amide bonds. The van der Waals surface area contributed by atoms with Crippen LogP contribution in [0.4, 0.5) is 0 Å². The van der Waals surface area contributed by atoms with Crippen LogP contribution in [0.25, 0.3) is 110 Å². The second-order valence-electron chi connectivity index (χ2n) is 15.9. The van der Waals surface area contributed by atoms with E-state index in [9.17, 15) is 0 Å². The van der Waals surface area contributed by atoms with Gasteiger partial charge in [-0.05, 0) is 112 Å². The minimum Gasteiger partial charge on any atom is -0.455 e. The van der Waals surface area contributed by atoms with Crippen LogP contribution in [0.5, 0.6) is 0 Å². The first-order valence-corrected chi connectivity index (χ1v) is 19.6. The molecule has 1 heteroatoms. The highest BCUT2D eigenvalue weighted by Gasteiger charge is 2.38. The summed E-state index contributed by atoms with van der Waals surface area (Å²) in [5.74, 6) is 0. The minimum atomic E-state index is -0.225. The summed E-state index contributed by atoms with van der Waals surface area (Å²) < 4.78 is 6.65. The van der Waals surface area contributed by atoms with Crippen molar-refractivity contribution in [3.63, 3.8) is 0 Å². The third-order valence-electron chi connectivity index (χ3n) is 12.6. The summed E-state index contributed by atoms with van der Waals surface area (Å²) >= 11 is 0. The highest BCUT2D eigenvalue weighted by atomic mass is 16.3. The van der Waals surface area contributed by atoms with Crippen molar-refractivity contribution in [1.29, 1.82) is 0 Å². The molecular weight excluding hydrogens is 677 g/mol. The lowest BCUT2D eigenvalue weighted by Crippen LogP contribution is -2.15. The van der Waals surface area contributed by atoms with E-state index in [0.29, 0.717) is 0 Å². The molecule has 0 unspecified atom stereocenters. The molecule has 0 atom stereocenters. The van der Waals surface area contributed by atoms with E-state index >= 15 is 0 Å². The van der Waals surface area contributed by atoms with Crippen molar-refractivity contribution in [2.45, 2.75) is 19.3 Å². The lowest BCUT2D eigenvalue weighted by Gasteiger charge is -2.23. The Kier molecular flexibility index (Phi) is 6.46. The Labute approximate surface area is 325 Å². The Morgan fingerprint density at radius 2 is 0.929 bits per heavy atom. The molecule has 262 valence electrons. The standard InChI is InChI=1S/C55H36O/c1-55(2)48-32-35(25-26-40(48)46-30-31-49-52(53(46)55)47-27-24-33-14-6-7-17-37(33)54(47)56-49)36-28-29-45(39-19-9-8-18-38(36)39)51-43-22-12-10-20-41(43)50(34-15-4-3-5-16-34)42-21-11-13-23-44(42)51/h3-32H,1-2H3. The fourth-order valence-corrected chi connectivity index (χ4v) is 10.2. The van der Waals surface area contributed by atoms with Crippen LogP contribution < -0.4 is 0 Å². The van der Waals surface area contributed by atoms with Crippen LogP contribution in [0.15, 0.2) is 186 Å². The SMILES string of the molecule is CC1(C)c2cc(-c3ccc(-c4c5ccccc5c(-c5ccccc5)c5ccccc45)c4ccccc34)ccc2-c2ccc3oc4c5ccccc5ccc4c3c21. The molecule has 0 bridgehead atoms. The average molecular weight is 713 g/mol. The number of fused-ring (bicyclic) bond motifs is 12. The van der Waals surface area contributed by atoms with Crippen molar-refractivity contribution < 1.29 is 4.42 Å². The summed E-state index contributed by atoms with van der Waals surface area (Å²) in [5, 5.41) is 12.4. The van der Waals surface area contributed by atoms with Gasteiger partial charge in [-0.3, -0.25) is 0 Å². The second kappa shape index (κ2) is 11.5. The van der Waals surface area contributed by atoms with Gasteiger partial charge in [-0.15, -0.1) is 0 Å². The first kappa shape index (κ1) is 31.4. The Balaban J connectivity index is 1.05. The van der Waals surface area contributed by atoms with E-state index in [1.54, 1.807) is 0 Å². The van der Waals surface area contributed by atoms with Gasteiger partial charge in [-0.2, -0.15) is 0 Å². The first-order chi connectivity index (χ1) is 27.6. The largest absolute Gasteiger partial charge is 0.455 e. The van der Waals surface area contributed by atoms with Gasteiger partial charge in [0.05, 0.1) is 0 Å². The average Bonchev–Trinajstić information content (AvgIpc) is 3.74. The molecule has 0 N–H and O–H groups in total. The van der Waals surface area contributed by atoms with E-state index < -0.39 is 0 Å². The number of benzene rings is 10. The molecular formula is C55H36O. The number of rotatable bonds is 3. The van der Waals surface area contributed by atoms with E-state index in [2.05, 4.69) is 196 Å². The zero-order valence-corrected chi connectivity index (χ0v) is 31.2. The van der Waals surface area contributed by atoms with Crippen molar-refractivity contribution in [3.05, 3.63) is 193 Å². The molecule has 1 aliphatic rings. The van der Waals surface area contributed by atoms with Gasteiger partial charge < -0.3 is 4.42 Å². The molecule has 1 aromatic heterocycles. The quantitative estimate of drug-likeness (QED) is 0.166. The predicted octanol–water partition coefficient (Wildman–Crippen LogP) is 15.5. The third-order valence-corrected chi connectivity index (χ3v) is 12.6. The Bertz CT molecular complexity index is 3380. The molecule has 1 aliphatic carbocycles. The summed E-state index contributed by atoms with van der Waals surface area (Å²) in [4.78, 5) is 0. The summed E-state index contributed by atoms with van der Waals surface area (Å²) in [6, 6.07) is 67.0. The maximum absolute atomic E-state index is 6.65. The summed E-state index contributed by atoms with van der Waals surface area (Å²) in [5.41, 5.74) is 14.6. The Morgan fingerprint density at radius 3 is 1.64 bits per heavy atom. The first-order valence-electron chi connectivity index (χ1n) is 19.6. The molecule has 11 aromatic rings. The van der Waals surface area contributed by atoms with E-state index in [-0.39, 0.29) is 5.41 Å². The van der Waals surface area contributed by atoms with Crippen LogP contribution in [0, 0.1) is 0 Å². The van der Waals surface area contributed by atoms with Gasteiger partial charge in [-0.1, -0.05) is 178 Å². The van der Waals surface area contributed by atoms with Crippen molar-refractivity contribution in [2.24, 2.45) is 0 Å². The molecule has 0 fully saturated rings. The third kappa shape index (κ3) is 4.26. The molecule has 1 nitrogen and oxygen atoms in total. The lowest BCUT2D eigenvalue weighted by atomic mass is 9.79. The molecule has 56 heavy (non-hydrogen) atoms. The Hall–Kier alpha value is -6.96. The maximum atomic E-state index is 6.65. The van der Waals surface area contributed by atoms with E-state index in [4.69, 9.17) is 4.42 Å². The van der Waals surface area contributed by atoms with Crippen LogP contribution in [0.1, 0.15) is 25.0 Å². The summed E-state index contributed by atoms with van der Waals surface area (Å²) in [6.45, 7) is 4.77. The molecule has 1 heterocycles. The number of hydrogen-bond acceptors (Lipinski definition) is 1. The fourth-order valence-electron chi connectivity index (χ4n) is 10.2. The van der Waals surface area contributed by atoms with E-state index in [1.807, 2.05) is 0 Å². The van der Waals surface area contributed by atoms with Gasteiger partial charge in [0.15, 0.2) is 0 Å². The summed E-state index contributed by atoms with van der Waals surface area (Å²) in [6.07, 6.45) is 0. The summed E-state index contributed by atoms with van der Waals surface area (Å²) in [7, 11) is 0. The number of furan rings is 1. The van der Waals surface area contributed by atoms with E-state index in [1.165, 1.54) is 104 Å². The zero-order chi connectivity index (χ0) is 37.1. The molecule has 10 aromatic carbocycles. The highest BCUT2D eigenvalue weighted by molar-refractivity contribution is 6.24. The number of hydrogen-bond donors (Lipinski definition) is 0. The molecule has 0 saturated heterocycles. The topological polar surface area (TPSA) is 13.1 Å². The molecule has 0 spiro atoms. The monoisotopic (exact) mass is 712 g/mol. The second-order valence-corrected chi connectivity index (χ2v) is 15.9.